The Morgan fingerprint density at radius 1 is 1.08 bits per heavy atom. The van der Waals surface area contributed by atoms with Gasteiger partial charge in [-0.15, -0.1) is 0 Å². The van der Waals surface area contributed by atoms with Crippen molar-refractivity contribution >= 4 is 5.91 Å². The molecule has 1 aliphatic carbocycles. The molecule has 2 aromatic rings. The summed E-state index contributed by atoms with van der Waals surface area (Å²) in [5, 5.41) is 0. The Balaban J connectivity index is 1.76. The van der Waals surface area contributed by atoms with Gasteiger partial charge in [0.1, 0.15) is 17.3 Å². The van der Waals surface area contributed by atoms with Gasteiger partial charge in [-0.25, -0.2) is 4.39 Å². The number of carbonyl (C=O) groups excluding carboxylic acids is 1. The topological polar surface area (TPSA) is 33.5 Å². The first kappa shape index (κ1) is 16.7. The third-order valence-electron chi connectivity index (χ3n) is 4.70. The molecule has 1 fully saturated rings. The lowest BCUT2D eigenvalue weighted by atomic mass is 9.88. The van der Waals surface area contributed by atoms with E-state index in [0.29, 0.717) is 13.1 Å². The van der Waals surface area contributed by atoms with E-state index in [0.717, 1.165) is 42.8 Å². The zero-order chi connectivity index (χ0) is 16.9. The molecule has 1 aromatic carbocycles. The Morgan fingerprint density at radius 2 is 1.79 bits per heavy atom. The van der Waals surface area contributed by atoms with E-state index < -0.39 is 0 Å². The van der Waals surface area contributed by atoms with Crippen LogP contribution in [0.3, 0.4) is 0 Å². The van der Waals surface area contributed by atoms with Crippen molar-refractivity contribution in [3.8, 4) is 0 Å². The molecule has 0 aliphatic heterocycles. The van der Waals surface area contributed by atoms with Gasteiger partial charge in [0.15, 0.2) is 0 Å². The fourth-order valence-corrected chi connectivity index (χ4v) is 3.39. The maximum atomic E-state index is 13.1. The van der Waals surface area contributed by atoms with Crippen LogP contribution in [0.1, 0.15) is 49.2 Å². The van der Waals surface area contributed by atoms with E-state index in [2.05, 4.69) is 0 Å². The van der Waals surface area contributed by atoms with Crippen LogP contribution in [0.2, 0.25) is 0 Å². The SMILES string of the molecule is Cc1ccc(CN(Cc2ccc(F)cc2)C(=O)C2CCCCC2)o1. The highest BCUT2D eigenvalue weighted by Gasteiger charge is 2.26. The van der Waals surface area contributed by atoms with Crippen LogP contribution in [0.15, 0.2) is 40.8 Å². The van der Waals surface area contributed by atoms with Crippen molar-refractivity contribution < 1.29 is 13.6 Å². The van der Waals surface area contributed by atoms with Gasteiger partial charge in [-0.05, 0) is 49.6 Å². The summed E-state index contributed by atoms with van der Waals surface area (Å²) < 4.78 is 18.8. The summed E-state index contributed by atoms with van der Waals surface area (Å²) >= 11 is 0. The predicted octanol–water partition coefficient (Wildman–Crippen LogP) is 4.84. The van der Waals surface area contributed by atoms with Crippen LogP contribution in [-0.2, 0) is 17.9 Å². The average Bonchev–Trinajstić information content (AvgIpc) is 3.01. The Labute approximate surface area is 142 Å². The second-order valence-corrected chi connectivity index (χ2v) is 6.67. The highest BCUT2D eigenvalue weighted by molar-refractivity contribution is 5.78. The van der Waals surface area contributed by atoms with Gasteiger partial charge < -0.3 is 9.32 Å². The van der Waals surface area contributed by atoms with Crippen molar-refractivity contribution in [3.05, 3.63) is 59.3 Å². The highest BCUT2D eigenvalue weighted by Crippen LogP contribution is 2.27. The maximum absolute atomic E-state index is 13.1. The van der Waals surface area contributed by atoms with Crippen molar-refractivity contribution in [3.63, 3.8) is 0 Å². The van der Waals surface area contributed by atoms with Crippen molar-refractivity contribution in [2.45, 2.75) is 52.1 Å². The number of carbonyl (C=O) groups is 1. The van der Waals surface area contributed by atoms with E-state index >= 15 is 0 Å². The summed E-state index contributed by atoms with van der Waals surface area (Å²) in [5.74, 6) is 1.67. The van der Waals surface area contributed by atoms with E-state index in [1.165, 1.54) is 18.6 Å². The molecule has 0 atom stereocenters. The molecular weight excluding hydrogens is 305 g/mol. The number of benzene rings is 1. The third kappa shape index (κ3) is 4.25. The Morgan fingerprint density at radius 3 is 2.42 bits per heavy atom. The molecule has 0 unspecified atom stereocenters. The first-order chi connectivity index (χ1) is 11.6. The molecule has 0 radical (unpaired) electrons. The molecule has 3 rings (SSSR count). The smallest absolute Gasteiger partial charge is 0.226 e. The largest absolute Gasteiger partial charge is 0.464 e. The fourth-order valence-electron chi connectivity index (χ4n) is 3.39. The van der Waals surface area contributed by atoms with Gasteiger partial charge in [-0.1, -0.05) is 31.4 Å². The van der Waals surface area contributed by atoms with E-state index in [1.54, 1.807) is 12.1 Å². The molecule has 128 valence electrons. The van der Waals surface area contributed by atoms with Crippen LogP contribution in [0.4, 0.5) is 4.39 Å². The van der Waals surface area contributed by atoms with E-state index in [9.17, 15) is 9.18 Å². The number of aryl methyl sites for hydroxylation is 1. The lowest BCUT2D eigenvalue weighted by Crippen LogP contribution is -2.36. The molecule has 0 spiro atoms. The standard InChI is InChI=1S/C20H24FNO2/c1-15-7-12-19(24-15)14-22(13-16-8-10-18(21)11-9-16)20(23)17-5-3-2-4-6-17/h7-12,17H,2-6,13-14H2,1H3. The quantitative estimate of drug-likeness (QED) is 0.787. The van der Waals surface area contributed by atoms with E-state index in [-0.39, 0.29) is 17.6 Å². The normalized spacial score (nSPS) is 15.4. The zero-order valence-corrected chi connectivity index (χ0v) is 14.1. The molecule has 24 heavy (non-hydrogen) atoms. The Hall–Kier alpha value is -2.10. The van der Waals surface area contributed by atoms with Gasteiger partial charge >= 0.3 is 0 Å². The molecule has 0 bridgehead atoms. The highest BCUT2D eigenvalue weighted by atomic mass is 19.1. The molecule has 0 N–H and O–H groups in total. The van der Waals surface area contributed by atoms with Gasteiger partial charge in [-0.3, -0.25) is 4.79 Å². The second kappa shape index (κ2) is 7.65. The zero-order valence-electron chi connectivity index (χ0n) is 14.1. The minimum Gasteiger partial charge on any atom is -0.464 e. The molecule has 1 aliphatic rings. The van der Waals surface area contributed by atoms with E-state index in [4.69, 9.17) is 4.42 Å². The number of hydrogen-bond donors (Lipinski definition) is 0. The van der Waals surface area contributed by atoms with Crippen LogP contribution < -0.4 is 0 Å². The van der Waals surface area contributed by atoms with Gasteiger partial charge in [0.2, 0.25) is 5.91 Å². The molecule has 4 heteroatoms. The van der Waals surface area contributed by atoms with Gasteiger partial charge in [0.25, 0.3) is 0 Å². The maximum Gasteiger partial charge on any atom is 0.226 e. The number of hydrogen-bond acceptors (Lipinski definition) is 2. The van der Waals surface area contributed by atoms with Crippen molar-refractivity contribution in [2.75, 3.05) is 0 Å². The summed E-state index contributed by atoms with van der Waals surface area (Å²) in [6, 6.07) is 10.2. The summed E-state index contributed by atoms with van der Waals surface area (Å²) in [7, 11) is 0. The molecule has 3 nitrogen and oxygen atoms in total. The average molecular weight is 329 g/mol. The third-order valence-corrected chi connectivity index (χ3v) is 4.70. The van der Waals surface area contributed by atoms with Crippen LogP contribution in [0.5, 0.6) is 0 Å². The fraction of sp³-hybridized carbons (Fsp3) is 0.450. The second-order valence-electron chi connectivity index (χ2n) is 6.67. The predicted molar refractivity (Wildman–Crippen MR) is 90.7 cm³/mol. The summed E-state index contributed by atoms with van der Waals surface area (Å²) in [4.78, 5) is 14.8. The number of amides is 1. The molecule has 1 amide bonds. The summed E-state index contributed by atoms with van der Waals surface area (Å²) in [6.45, 7) is 2.84. The molecular formula is C20H24FNO2. The minimum atomic E-state index is -0.259. The van der Waals surface area contributed by atoms with Crippen LogP contribution in [0.25, 0.3) is 0 Å². The summed E-state index contributed by atoms with van der Waals surface area (Å²) in [5.41, 5.74) is 0.934. The first-order valence-corrected chi connectivity index (χ1v) is 8.70. The Kier molecular flexibility index (Phi) is 5.34. The van der Waals surface area contributed by atoms with Crippen molar-refractivity contribution in [1.82, 2.24) is 4.90 Å². The summed E-state index contributed by atoms with van der Waals surface area (Å²) in [6.07, 6.45) is 5.41. The number of furan rings is 1. The lowest BCUT2D eigenvalue weighted by Gasteiger charge is -2.29. The number of halogens is 1. The van der Waals surface area contributed by atoms with Gasteiger partial charge in [-0.2, -0.15) is 0 Å². The van der Waals surface area contributed by atoms with E-state index in [1.807, 2.05) is 24.0 Å². The first-order valence-electron chi connectivity index (χ1n) is 8.70. The van der Waals surface area contributed by atoms with Gasteiger partial charge in [0.05, 0.1) is 6.54 Å². The van der Waals surface area contributed by atoms with Crippen molar-refractivity contribution in [2.24, 2.45) is 5.92 Å². The van der Waals surface area contributed by atoms with Crippen LogP contribution in [-0.4, -0.2) is 10.8 Å². The Bertz CT molecular complexity index is 671. The molecule has 1 heterocycles. The minimum absolute atomic E-state index is 0.107. The number of nitrogens with zero attached hydrogens (tertiary/aromatic N) is 1. The molecule has 1 saturated carbocycles. The molecule has 1 aromatic heterocycles. The monoisotopic (exact) mass is 329 g/mol. The number of rotatable bonds is 5. The van der Waals surface area contributed by atoms with Crippen LogP contribution in [0, 0.1) is 18.7 Å². The van der Waals surface area contributed by atoms with Crippen LogP contribution >= 0.6 is 0 Å². The van der Waals surface area contributed by atoms with Gasteiger partial charge in [0, 0.05) is 12.5 Å². The lowest BCUT2D eigenvalue weighted by molar-refractivity contribution is -0.138. The van der Waals surface area contributed by atoms with Crippen molar-refractivity contribution in [1.29, 1.82) is 0 Å². The molecule has 0 saturated heterocycles.